The Bertz CT molecular complexity index is 1750. The maximum atomic E-state index is 14.1. The lowest BCUT2D eigenvalue weighted by Crippen LogP contribution is -2.47. The summed E-state index contributed by atoms with van der Waals surface area (Å²) in [6.07, 6.45) is 20.5. The number of nitrogens with zero attached hydrogens (tertiary/aromatic N) is 2. The van der Waals surface area contributed by atoms with Gasteiger partial charge < -0.3 is 38.2 Å². The molecule has 12 nitrogen and oxygen atoms in total. The molecule has 1 rings (SSSR count). The van der Waals surface area contributed by atoms with Crippen LogP contribution in [0.1, 0.15) is 219 Å². The van der Waals surface area contributed by atoms with Crippen molar-refractivity contribution in [1.82, 2.24) is 9.80 Å². The summed E-state index contributed by atoms with van der Waals surface area (Å²) in [6, 6.07) is 9.30. The van der Waals surface area contributed by atoms with Gasteiger partial charge in [0.1, 0.15) is 19.0 Å². The van der Waals surface area contributed by atoms with Gasteiger partial charge in [-0.2, -0.15) is 0 Å². The Labute approximate surface area is 468 Å². The molecule has 0 aliphatic heterocycles. The molecule has 0 saturated heterocycles. The van der Waals surface area contributed by atoms with Crippen LogP contribution in [0.3, 0.4) is 0 Å². The normalized spacial score (nSPS) is 10.8. The maximum absolute atomic E-state index is 14.1. The van der Waals surface area contributed by atoms with Crippen LogP contribution in [0, 0.1) is 47.4 Å². The van der Waals surface area contributed by atoms with E-state index in [0.717, 1.165) is 83.5 Å². The summed E-state index contributed by atoms with van der Waals surface area (Å²) >= 11 is 0. The SMILES string of the molecule is CCCCC#CCCOC(CCCCC(=O)OCC(COC(=O)CCCCC(OCCC#CCCCC)OCCC#CCCCC)N(CCCN(C)C)C(=O)CCC(=O)CCCc1ccccc1)OCCC#CCCCC. The highest BCUT2D eigenvalue weighted by molar-refractivity contribution is 5.85. The summed E-state index contributed by atoms with van der Waals surface area (Å²) in [5, 5.41) is 0. The number of amides is 1. The lowest BCUT2D eigenvalue weighted by atomic mass is 10.0. The minimum absolute atomic E-state index is 0.00880. The first kappa shape index (κ1) is 70.4. The van der Waals surface area contributed by atoms with Crippen LogP contribution in [0.2, 0.25) is 0 Å². The molecule has 0 unspecified atom stereocenters. The van der Waals surface area contributed by atoms with Gasteiger partial charge in [0.2, 0.25) is 5.91 Å². The fourth-order valence-corrected chi connectivity index (χ4v) is 7.79. The number of rotatable bonds is 46. The van der Waals surface area contributed by atoms with Crippen LogP contribution in [0.4, 0.5) is 0 Å². The summed E-state index contributed by atoms with van der Waals surface area (Å²) in [7, 11) is 3.93. The Morgan fingerprint density at radius 1 is 0.455 bits per heavy atom. The zero-order chi connectivity index (χ0) is 56.1. The van der Waals surface area contributed by atoms with Gasteiger partial charge >= 0.3 is 11.9 Å². The van der Waals surface area contributed by atoms with Crippen molar-refractivity contribution in [3.05, 3.63) is 35.9 Å². The highest BCUT2D eigenvalue weighted by Gasteiger charge is 2.27. The molecular formula is C65H102N2O10. The molecule has 0 fully saturated rings. The van der Waals surface area contributed by atoms with Gasteiger partial charge in [0.05, 0.1) is 32.5 Å². The molecule has 0 heterocycles. The maximum Gasteiger partial charge on any atom is 0.305 e. The Hall–Kier alpha value is -4.66. The predicted molar refractivity (Wildman–Crippen MR) is 310 cm³/mol. The van der Waals surface area contributed by atoms with E-state index in [-0.39, 0.29) is 50.6 Å². The third-order valence-corrected chi connectivity index (χ3v) is 12.4. The first-order chi connectivity index (χ1) is 37.6. The molecular weight excluding hydrogens is 969 g/mol. The van der Waals surface area contributed by atoms with Crippen molar-refractivity contribution < 1.29 is 47.6 Å². The lowest BCUT2D eigenvalue weighted by molar-refractivity contribution is -0.155. The second kappa shape index (κ2) is 52.1. The molecule has 1 amide bonds. The molecule has 0 saturated carbocycles. The minimum Gasteiger partial charge on any atom is -0.463 e. The molecule has 0 N–H and O–H groups in total. The van der Waals surface area contributed by atoms with Crippen molar-refractivity contribution in [2.24, 2.45) is 0 Å². The molecule has 0 spiro atoms. The zero-order valence-corrected chi connectivity index (χ0v) is 49.0. The number of benzene rings is 1. The van der Waals surface area contributed by atoms with Crippen LogP contribution >= 0.6 is 0 Å². The van der Waals surface area contributed by atoms with Crippen LogP contribution in [-0.4, -0.2) is 119 Å². The van der Waals surface area contributed by atoms with Crippen molar-refractivity contribution in [3.8, 4) is 47.4 Å². The Kier molecular flexibility index (Phi) is 47.6. The van der Waals surface area contributed by atoms with Crippen molar-refractivity contribution in [2.75, 3.05) is 66.8 Å². The number of esters is 2. The Balaban J connectivity index is 3.05. The molecule has 1 aromatic rings. The summed E-state index contributed by atoms with van der Waals surface area (Å²) in [4.78, 5) is 57.6. The highest BCUT2D eigenvalue weighted by Crippen LogP contribution is 2.16. The molecule has 1 aromatic carbocycles. The number of aryl methyl sites for hydroxylation is 1. The second-order valence-corrected chi connectivity index (χ2v) is 19.8. The molecule has 12 heteroatoms. The van der Waals surface area contributed by atoms with E-state index in [2.05, 4.69) is 75.1 Å². The summed E-state index contributed by atoms with van der Waals surface area (Å²) in [5.74, 6) is 24.5. The minimum atomic E-state index is -0.742. The van der Waals surface area contributed by atoms with E-state index in [1.807, 2.05) is 49.3 Å². The molecule has 432 valence electrons. The molecule has 0 aliphatic rings. The third kappa shape index (κ3) is 44.0. The second-order valence-electron chi connectivity index (χ2n) is 19.8. The largest absolute Gasteiger partial charge is 0.463 e. The van der Waals surface area contributed by atoms with Crippen molar-refractivity contribution in [3.63, 3.8) is 0 Å². The van der Waals surface area contributed by atoms with Crippen LogP contribution in [0.5, 0.6) is 0 Å². The van der Waals surface area contributed by atoms with Crippen LogP contribution in [-0.2, 0) is 54.0 Å². The average Bonchev–Trinajstić information content (AvgIpc) is 3.42. The molecule has 77 heavy (non-hydrogen) atoms. The van der Waals surface area contributed by atoms with Gasteiger partial charge in [0.15, 0.2) is 12.6 Å². The van der Waals surface area contributed by atoms with E-state index in [9.17, 15) is 19.2 Å². The van der Waals surface area contributed by atoms with Gasteiger partial charge in [-0.05, 0) is 110 Å². The zero-order valence-electron chi connectivity index (χ0n) is 49.0. The standard InChI is InChI=1S/C65H102N2O10/c1-7-11-15-19-23-34-52-72-64(73-53-35-24-20-16-12-8-2)46-32-30-44-62(70)76-56-59(67(51-39-50-66(5)6)61(69)49-48-60(68)43-38-42-58-40-28-27-29-41-58)57-77-63(71)45-31-33-47-65(74-54-36-25-21-17-13-9-3)75-55-37-26-22-18-14-10-4/h27-29,40-41,59,64-65H,7-18,30-39,42-57H2,1-6H3. The van der Waals surface area contributed by atoms with Gasteiger partial charge in [-0.15, -0.1) is 47.4 Å². The lowest BCUT2D eigenvalue weighted by Gasteiger charge is -2.32. The van der Waals surface area contributed by atoms with E-state index in [1.165, 1.54) is 5.56 Å². The first-order valence-electron chi connectivity index (χ1n) is 29.7. The molecule has 0 aromatic heterocycles. The number of carbonyl (C=O) groups is 4. The number of hydrogen-bond acceptors (Lipinski definition) is 11. The third-order valence-electron chi connectivity index (χ3n) is 12.4. The van der Waals surface area contributed by atoms with Gasteiger partial charge in [-0.3, -0.25) is 19.2 Å². The predicted octanol–water partition coefficient (Wildman–Crippen LogP) is 12.8. The van der Waals surface area contributed by atoms with Gasteiger partial charge in [-0.1, -0.05) is 83.7 Å². The van der Waals surface area contributed by atoms with E-state index in [0.29, 0.717) is 123 Å². The smallest absolute Gasteiger partial charge is 0.305 e. The average molecular weight is 1070 g/mol. The van der Waals surface area contributed by atoms with Crippen LogP contribution in [0.25, 0.3) is 0 Å². The molecule has 0 aliphatic carbocycles. The van der Waals surface area contributed by atoms with Crippen molar-refractivity contribution in [2.45, 2.75) is 239 Å². The number of unbranched alkanes of at least 4 members (excludes halogenated alkanes) is 10. The van der Waals surface area contributed by atoms with E-state index in [1.54, 1.807) is 4.90 Å². The van der Waals surface area contributed by atoms with Crippen molar-refractivity contribution in [1.29, 1.82) is 0 Å². The molecule has 0 atom stereocenters. The summed E-state index contributed by atoms with van der Waals surface area (Å²) < 4.78 is 36.1. The van der Waals surface area contributed by atoms with Gasteiger partial charge in [-0.25, -0.2) is 0 Å². The summed E-state index contributed by atoms with van der Waals surface area (Å²) in [5.41, 5.74) is 1.17. The quantitative estimate of drug-likeness (QED) is 0.0268. The van der Waals surface area contributed by atoms with E-state index >= 15 is 0 Å². The van der Waals surface area contributed by atoms with Gasteiger partial charge in [0.25, 0.3) is 0 Å². The molecule has 0 bridgehead atoms. The van der Waals surface area contributed by atoms with Crippen LogP contribution < -0.4 is 0 Å². The number of hydrogen-bond donors (Lipinski definition) is 0. The Morgan fingerprint density at radius 2 is 0.870 bits per heavy atom. The number of Topliss-reactive ketones (excluding diaryl/α,β-unsaturated/α-hetero) is 1. The number of carbonyl (C=O) groups excluding carboxylic acids is 4. The van der Waals surface area contributed by atoms with E-state index < -0.39 is 30.6 Å². The number of ether oxygens (including phenoxy) is 6. The first-order valence-corrected chi connectivity index (χ1v) is 29.7. The Morgan fingerprint density at radius 3 is 1.27 bits per heavy atom. The fourth-order valence-electron chi connectivity index (χ4n) is 7.79. The van der Waals surface area contributed by atoms with Crippen molar-refractivity contribution >= 4 is 23.6 Å². The van der Waals surface area contributed by atoms with Crippen LogP contribution in [0.15, 0.2) is 30.3 Å². The fraction of sp³-hybridized carbons (Fsp3) is 0.723. The monoisotopic (exact) mass is 1070 g/mol. The number of ketones is 1. The topological polar surface area (TPSA) is 130 Å². The van der Waals surface area contributed by atoms with Gasteiger partial charge in [0, 0.05) is 90.0 Å². The summed E-state index contributed by atoms with van der Waals surface area (Å²) in [6.45, 7) is 11.2. The highest BCUT2D eigenvalue weighted by atomic mass is 16.7. The van der Waals surface area contributed by atoms with E-state index in [4.69, 9.17) is 28.4 Å². The molecule has 0 radical (unpaired) electrons.